The molecular weight excluding hydrogens is 274 g/mol. The van der Waals surface area contributed by atoms with E-state index < -0.39 is 0 Å². The zero-order valence-corrected chi connectivity index (χ0v) is 11.8. The van der Waals surface area contributed by atoms with Gasteiger partial charge in [-0.15, -0.1) is 0 Å². The highest BCUT2D eigenvalue weighted by Crippen LogP contribution is 2.42. The van der Waals surface area contributed by atoms with E-state index in [1.165, 1.54) is 0 Å². The van der Waals surface area contributed by atoms with Gasteiger partial charge in [-0.25, -0.2) is 0 Å². The number of nitrogens with one attached hydrogen (secondary N) is 1. The molecule has 1 N–H and O–H groups in total. The number of carbonyl (C=O) groups excluding carboxylic acids is 1. The molecule has 0 aliphatic carbocycles. The largest absolute Gasteiger partial charge is 0.496 e. The average Bonchev–Trinajstić information content (AvgIpc) is 3.13. The second-order valence-corrected chi connectivity index (χ2v) is 4.51. The first kappa shape index (κ1) is 13.3. The van der Waals surface area contributed by atoms with Gasteiger partial charge in [0.2, 0.25) is 12.7 Å². The fraction of sp³-hybridized carbons (Fsp3) is 0.286. The first-order valence-electron chi connectivity index (χ1n) is 6.42. The van der Waals surface area contributed by atoms with E-state index >= 15 is 0 Å². The zero-order chi connectivity index (χ0) is 14.8. The molecule has 0 spiro atoms. The van der Waals surface area contributed by atoms with E-state index in [9.17, 15) is 4.79 Å². The van der Waals surface area contributed by atoms with Crippen molar-refractivity contribution < 1.29 is 19.0 Å². The van der Waals surface area contributed by atoms with Crippen LogP contribution in [0.5, 0.6) is 17.2 Å². The number of rotatable bonds is 4. The lowest BCUT2D eigenvalue weighted by Gasteiger charge is -2.08. The van der Waals surface area contributed by atoms with Gasteiger partial charge < -0.3 is 19.5 Å². The number of carbonyl (C=O) groups is 1. The molecule has 110 valence electrons. The topological polar surface area (TPSA) is 74.6 Å². The summed E-state index contributed by atoms with van der Waals surface area (Å²) in [6, 6.07) is 3.64. The molecule has 0 unspecified atom stereocenters. The predicted molar refractivity (Wildman–Crippen MR) is 74.4 cm³/mol. The molecule has 1 amide bonds. The Morgan fingerprint density at radius 3 is 2.90 bits per heavy atom. The van der Waals surface area contributed by atoms with Crippen molar-refractivity contribution >= 4 is 5.91 Å². The number of hydrogen-bond donors (Lipinski definition) is 1. The van der Waals surface area contributed by atoms with Gasteiger partial charge in [0.1, 0.15) is 12.3 Å². The third-order valence-corrected chi connectivity index (χ3v) is 3.22. The van der Waals surface area contributed by atoms with Crippen LogP contribution in [-0.4, -0.2) is 36.6 Å². The summed E-state index contributed by atoms with van der Waals surface area (Å²) in [5.74, 6) is 1.89. The average molecular weight is 289 g/mol. The van der Waals surface area contributed by atoms with Crippen molar-refractivity contribution in [3.05, 3.63) is 24.5 Å². The van der Waals surface area contributed by atoms with Crippen LogP contribution in [0.3, 0.4) is 0 Å². The fourth-order valence-electron chi connectivity index (χ4n) is 2.13. The van der Waals surface area contributed by atoms with Crippen molar-refractivity contribution in [1.82, 2.24) is 15.1 Å². The molecule has 0 fully saturated rings. The fourth-order valence-corrected chi connectivity index (χ4v) is 2.13. The summed E-state index contributed by atoms with van der Waals surface area (Å²) in [5, 5.41) is 6.74. The number of fused-ring (bicyclic) bond motifs is 1. The van der Waals surface area contributed by atoms with Crippen molar-refractivity contribution in [1.29, 1.82) is 0 Å². The molecular formula is C14H15N3O4. The number of benzene rings is 1. The van der Waals surface area contributed by atoms with Gasteiger partial charge in [-0.1, -0.05) is 0 Å². The first-order valence-corrected chi connectivity index (χ1v) is 6.42. The summed E-state index contributed by atoms with van der Waals surface area (Å²) in [7, 11) is 3.18. The molecule has 2 aromatic rings. The lowest BCUT2D eigenvalue weighted by molar-refractivity contribution is -0.121. The van der Waals surface area contributed by atoms with Gasteiger partial charge in [0.05, 0.1) is 13.3 Å². The third kappa shape index (κ3) is 2.49. The molecule has 1 aliphatic rings. The van der Waals surface area contributed by atoms with Crippen molar-refractivity contribution in [2.75, 3.05) is 21.0 Å². The van der Waals surface area contributed by atoms with Crippen LogP contribution in [0.25, 0.3) is 11.1 Å². The third-order valence-electron chi connectivity index (χ3n) is 3.22. The molecule has 3 rings (SSSR count). The Bertz CT molecular complexity index is 681. The second kappa shape index (κ2) is 5.35. The van der Waals surface area contributed by atoms with E-state index in [0.717, 1.165) is 11.1 Å². The summed E-state index contributed by atoms with van der Waals surface area (Å²) < 4.78 is 17.7. The lowest BCUT2D eigenvalue weighted by Crippen LogP contribution is -2.23. The van der Waals surface area contributed by atoms with Crippen molar-refractivity contribution in [2.45, 2.75) is 6.54 Å². The Morgan fingerprint density at radius 2 is 2.19 bits per heavy atom. The highest BCUT2D eigenvalue weighted by molar-refractivity contribution is 5.76. The second-order valence-electron chi connectivity index (χ2n) is 4.51. The summed E-state index contributed by atoms with van der Waals surface area (Å²) in [5.41, 5.74) is 1.68. The normalized spacial score (nSPS) is 12.3. The first-order chi connectivity index (χ1) is 10.2. The number of methoxy groups -OCH3 is 1. The van der Waals surface area contributed by atoms with E-state index in [4.69, 9.17) is 14.2 Å². The molecule has 7 heteroatoms. The Balaban J connectivity index is 1.95. The quantitative estimate of drug-likeness (QED) is 0.910. The predicted octanol–water partition coefficient (Wildman–Crippen LogP) is 1.03. The Kier molecular flexibility index (Phi) is 3.39. The lowest BCUT2D eigenvalue weighted by atomic mass is 10.1. The van der Waals surface area contributed by atoms with Crippen LogP contribution in [0.15, 0.2) is 24.5 Å². The van der Waals surface area contributed by atoms with E-state index in [0.29, 0.717) is 17.2 Å². The number of ether oxygens (including phenoxy) is 3. The number of hydrogen-bond acceptors (Lipinski definition) is 5. The summed E-state index contributed by atoms with van der Waals surface area (Å²) in [4.78, 5) is 11.4. The molecule has 0 saturated carbocycles. The van der Waals surface area contributed by atoms with Crippen LogP contribution in [0.2, 0.25) is 0 Å². The summed E-state index contributed by atoms with van der Waals surface area (Å²) in [6.45, 7) is 0.376. The van der Waals surface area contributed by atoms with Crippen LogP contribution in [0.4, 0.5) is 0 Å². The van der Waals surface area contributed by atoms with Crippen LogP contribution < -0.4 is 19.5 Å². The van der Waals surface area contributed by atoms with Gasteiger partial charge in [0, 0.05) is 30.4 Å². The number of aromatic nitrogens is 2. The van der Waals surface area contributed by atoms with E-state index in [1.807, 2.05) is 6.07 Å². The summed E-state index contributed by atoms with van der Waals surface area (Å²) >= 11 is 0. The Labute approximate surface area is 121 Å². The highest BCUT2D eigenvalue weighted by atomic mass is 16.7. The van der Waals surface area contributed by atoms with Crippen molar-refractivity contribution in [3.63, 3.8) is 0 Å². The van der Waals surface area contributed by atoms with Crippen molar-refractivity contribution in [3.8, 4) is 28.4 Å². The number of amides is 1. The van der Waals surface area contributed by atoms with Gasteiger partial charge in [-0.3, -0.25) is 9.48 Å². The van der Waals surface area contributed by atoms with Gasteiger partial charge in [-0.2, -0.15) is 5.10 Å². The molecule has 1 aromatic heterocycles. The maximum Gasteiger partial charge on any atom is 0.241 e. The molecule has 2 heterocycles. The van der Waals surface area contributed by atoms with Crippen molar-refractivity contribution in [2.24, 2.45) is 0 Å². The molecule has 7 nitrogen and oxygen atoms in total. The van der Waals surface area contributed by atoms with Crippen LogP contribution >= 0.6 is 0 Å². The Hall–Kier alpha value is -2.70. The minimum Gasteiger partial charge on any atom is -0.496 e. The zero-order valence-electron chi connectivity index (χ0n) is 11.8. The van der Waals surface area contributed by atoms with E-state index in [1.54, 1.807) is 37.3 Å². The van der Waals surface area contributed by atoms with Crippen LogP contribution in [-0.2, 0) is 11.3 Å². The molecule has 1 aromatic carbocycles. The van der Waals surface area contributed by atoms with Crippen LogP contribution in [0.1, 0.15) is 0 Å². The van der Waals surface area contributed by atoms with Gasteiger partial charge in [0.15, 0.2) is 11.5 Å². The molecule has 1 aliphatic heterocycles. The monoisotopic (exact) mass is 289 g/mol. The van der Waals surface area contributed by atoms with Gasteiger partial charge >= 0.3 is 0 Å². The molecule has 21 heavy (non-hydrogen) atoms. The maximum absolute atomic E-state index is 11.4. The minimum absolute atomic E-state index is 0.109. The molecule has 0 radical (unpaired) electrons. The highest BCUT2D eigenvalue weighted by Gasteiger charge is 2.19. The molecule has 0 saturated heterocycles. The maximum atomic E-state index is 11.4. The Morgan fingerprint density at radius 1 is 1.43 bits per heavy atom. The van der Waals surface area contributed by atoms with Gasteiger partial charge in [0.25, 0.3) is 0 Å². The van der Waals surface area contributed by atoms with Gasteiger partial charge in [-0.05, 0) is 6.07 Å². The standard InChI is InChI=1S/C14H15N3O4/c1-15-14(18)7-17-6-9(5-16-17)10-3-12-13(21-8-20-12)4-11(10)19-2/h3-6H,7-8H2,1-2H3,(H,15,18). The van der Waals surface area contributed by atoms with E-state index in [-0.39, 0.29) is 19.2 Å². The summed E-state index contributed by atoms with van der Waals surface area (Å²) in [6.07, 6.45) is 3.47. The number of likely N-dealkylation sites (N-methyl/N-ethyl adjacent to an activating group) is 1. The van der Waals surface area contributed by atoms with Crippen LogP contribution in [0, 0.1) is 0 Å². The minimum atomic E-state index is -0.109. The SMILES string of the molecule is CNC(=O)Cn1cc(-c2cc3c(cc2OC)OCO3)cn1. The smallest absolute Gasteiger partial charge is 0.241 e. The van der Waals surface area contributed by atoms with E-state index in [2.05, 4.69) is 10.4 Å². The molecule has 0 bridgehead atoms. The number of nitrogens with zero attached hydrogens (tertiary/aromatic N) is 2. The molecule has 0 atom stereocenters.